The highest BCUT2D eigenvalue weighted by Crippen LogP contribution is 2.53. The van der Waals surface area contributed by atoms with E-state index in [0.29, 0.717) is 16.2 Å². The lowest BCUT2D eigenvalue weighted by Crippen LogP contribution is -2.56. The average molecular weight is 536 g/mol. The van der Waals surface area contributed by atoms with E-state index in [1.807, 2.05) is 12.1 Å². The Hall–Kier alpha value is -1.89. The van der Waals surface area contributed by atoms with E-state index in [1.165, 1.54) is 64.7 Å². The molecule has 0 N–H and O–H groups in total. The number of likely N-dealkylation sites (tertiary alicyclic amines) is 1. The van der Waals surface area contributed by atoms with Crippen LogP contribution in [0, 0.1) is 17.8 Å². The highest BCUT2D eigenvalue weighted by Gasteiger charge is 2.51. The molecule has 3 heterocycles. The Morgan fingerprint density at radius 1 is 0.895 bits per heavy atom. The Morgan fingerprint density at radius 2 is 1.55 bits per heavy atom. The van der Waals surface area contributed by atoms with Crippen LogP contribution in [0.5, 0.6) is 0 Å². The number of sulfone groups is 1. The summed E-state index contributed by atoms with van der Waals surface area (Å²) < 4.78 is 24.2. The van der Waals surface area contributed by atoms with Crippen LogP contribution in [0.15, 0.2) is 53.4 Å². The van der Waals surface area contributed by atoms with Crippen molar-refractivity contribution in [2.24, 2.45) is 17.8 Å². The monoisotopic (exact) mass is 535 g/mol. The lowest BCUT2D eigenvalue weighted by atomic mass is 9.57. The number of benzene rings is 2. The zero-order chi connectivity index (χ0) is 26.3. The summed E-state index contributed by atoms with van der Waals surface area (Å²) in [5.74, 6) is 2.47. The van der Waals surface area contributed by atoms with Crippen molar-refractivity contribution in [1.29, 1.82) is 0 Å². The van der Waals surface area contributed by atoms with Gasteiger partial charge in [-0.05, 0) is 93.0 Å². The average Bonchev–Trinajstić information content (AvgIpc) is 3.46. The van der Waals surface area contributed by atoms with Gasteiger partial charge in [-0.1, -0.05) is 44.0 Å². The summed E-state index contributed by atoms with van der Waals surface area (Å²) in [4.78, 5) is 8.17. The summed E-state index contributed by atoms with van der Waals surface area (Å²) in [5.41, 5.74) is 4.74. The molecule has 0 spiro atoms. The summed E-state index contributed by atoms with van der Waals surface area (Å²) in [6.07, 6.45) is 8.28. The third-order valence-electron chi connectivity index (χ3n) is 10.3. The zero-order valence-electron chi connectivity index (χ0n) is 23.3. The van der Waals surface area contributed by atoms with E-state index in [-0.39, 0.29) is 5.75 Å². The van der Waals surface area contributed by atoms with Gasteiger partial charge >= 0.3 is 0 Å². The molecule has 0 amide bonds. The lowest BCUT2D eigenvalue weighted by Gasteiger charge is -2.54. The molecule has 3 aliphatic heterocycles. The van der Waals surface area contributed by atoms with Crippen LogP contribution in [0.2, 0.25) is 0 Å². The summed E-state index contributed by atoms with van der Waals surface area (Å²) in [5, 5.41) is 0. The van der Waals surface area contributed by atoms with E-state index in [9.17, 15) is 8.42 Å². The number of anilines is 1. The third-order valence-corrected chi connectivity index (χ3v) is 12.1. The van der Waals surface area contributed by atoms with Crippen LogP contribution >= 0.6 is 0 Å². The van der Waals surface area contributed by atoms with Crippen LogP contribution in [0.1, 0.15) is 56.6 Å². The Morgan fingerprint density at radius 3 is 2.24 bits per heavy atom. The van der Waals surface area contributed by atoms with E-state index in [4.69, 9.17) is 0 Å². The Balaban J connectivity index is 1.08. The minimum absolute atomic E-state index is 0.153. The maximum absolute atomic E-state index is 12.1. The van der Waals surface area contributed by atoms with Crippen molar-refractivity contribution in [3.8, 4) is 0 Å². The molecule has 206 valence electrons. The smallest absolute Gasteiger partial charge is 0.178 e. The summed E-state index contributed by atoms with van der Waals surface area (Å²) in [6.45, 7) is 9.82. The molecule has 1 unspecified atom stereocenters. The lowest BCUT2D eigenvalue weighted by molar-refractivity contribution is 0.0420. The standard InChI is InChI=1S/C32H45N3O2S/c1-3-38(36,37)30-14-12-29(13-15-30)35-21-25(22-35)20-34-18-16-28(17-19-34)32(27-9-5-6-10-27)24-33(2)23-26-8-4-7-11-31(26)32/h4,7-8,11-15,25,27-28H,3,5-6,9-10,16-24H2,1-2H3. The van der Waals surface area contributed by atoms with Gasteiger partial charge in [0.1, 0.15) is 0 Å². The molecule has 6 rings (SSSR count). The van der Waals surface area contributed by atoms with Crippen LogP contribution in [-0.2, 0) is 21.8 Å². The van der Waals surface area contributed by atoms with Gasteiger partial charge in [0.05, 0.1) is 10.6 Å². The van der Waals surface area contributed by atoms with Gasteiger partial charge < -0.3 is 14.7 Å². The molecule has 1 atom stereocenters. The zero-order valence-corrected chi connectivity index (χ0v) is 24.1. The van der Waals surface area contributed by atoms with Crippen LogP contribution in [0.4, 0.5) is 5.69 Å². The van der Waals surface area contributed by atoms with Gasteiger partial charge in [-0.2, -0.15) is 0 Å². The number of hydrogen-bond donors (Lipinski definition) is 0. The number of piperidine rings is 1. The Kier molecular flexibility index (Phi) is 7.34. The molecule has 0 radical (unpaired) electrons. The minimum atomic E-state index is -3.13. The molecule has 3 fully saturated rings. The quantitative estimate of drug-likeness (QED) is 0.488. The SMILES string of the molecule is CCS(=O)(=O)c1ccc(N2CC(CN3CCC(C4(C5CCCC5)CN(C)Cc5ccccc54)CC3)C2)cc1. The van der Waals surface area contributed by atoms with Gasteiger partial charge in [-0.15, -0.1) is 0 Å². The fraction of sp³-hybridized carbons (Fsp3) is 0.625. The van der Waals surface area contributed by atoms with Crippen molar-refractivity contribution in [3.63, 3.8) is 0 Å². The molecule has 1 saturated carbocycles. The first kappa shape index (κ1) is 26.3. The minimum Gasteiger partial charge on any atom is -0.371 e. The summed E-state index contributed by atoms with van der Waals surface area (Å²) >= 11 is 0. The van der Waals surface area contributed by atoms with Crippen LogP contribution in [0.25, 0.3) is 0 Å². The first-order chi connectivity index (χ1) is 18.4. The normalized spacial score (nSPS) is 26.4. The Bertz CT molecular complexity index is 1210. The second kappa shape index (κ2) is 10.6. The van der Waals surface area contributed by atoms with Crippen LogP contribution < -0.4 is 4.90 Å². The van der Waals surface area contributed by atoms with Crippen molar-refractivity contribution < 1.29 is 8.42 Å². The molecule has 0 aromatic heterocycles. The van der Waals surface area contributed by atoms with Crippen LogP contribution in [-0.4, -0.2) is 70.3 Å². The van der Waals surface area contributed by atoms with Crippen LogP contribution in [0.3, 0.4) is 0 Å². The first-order valence-corrected chi connectivity index (χ1v) is 16.6. The van der Waals surface area contributed by atoms with E-state index >= 15 is 0 Å². The van der Waals surface area contributed by atoms with Crippen molar-refractivity contribution >= 4 is 15.5 Å². The Labute approximate surface area is 230 Å². The second-order valence-corrected chi connectivity index (χ2v) is 14.9. The molecule has 2 aromatic carbocycles. The molecular weight excluding hydrogens is 490 g/mol. The van der Waals surface area contributed by atoms with Crippen molar-refractivity contribution in [2.45, 2.75) is 62.3 Å². The number of rotatable bonds is 7. The second-order valence-electron chi connectivity index (χ2n) is 12.6. The molecular formula is C32H45N3O2S. The molecule has 2 saturated heterocycles. The van der Waals surface area contributed by atoms with Gasteiger partial charge in [0.2, 0.25) is 0 Å². The summed E-state index contributed by atoms with van der Waals surface area (Å²) in [6, 6.07) is 16.9. The highest BCUT2D eigenvalue weighted by molar-refractivity contribution is 7.91. The fourth-order valence-electron chi connectivity index (χ4n) is 8.39. The van der Waals surface area contributed by atoms with E-state index in [1.54, 1.807) is 30.2 Å². The molecule has 5 nitrogen and oxygen atoms in total. The number of hydrogen-bond acceptors (Lipinski definition) is 5. The topological polar surface area (TPSA) is 43.9 Å². The van der Waals surface area contributed by atoms with Crippen molar-refractivity contribution in [2.75, 3.05) is 57.0 Å². The molecule has 6 heteroatoms. The molecule has 4 aliphatic rings. The molecule has 38 heavy (non-hydrogen) atoms. The van der Waals surface area contributed by atoms with Gasteiger partial charge in [0, 0.05) is 49.7 Å². The maximum atomic E-state index is 12.1. The largest absolute Gasteiger partial charge is 0.371 e. The highest BCUT2D eigenvalue weighted by atomic mass is 32.2. The van der Waals surface area contributed by atoms with E-state index in [0.717, 1.165) is 37.2 Å². The molecule has 1 aliphatic carbocycles. The third kappa shape index (κ3) is 4.82. The number of likely N-dealkylation sites (N-methyl/N-ethyl adjacent to an activating group) is 1. The van der Waals surface area contributed by atoms with Gasteiger partial charge in [-0.25, -0.2) is 8.42 Å². The predicted molar refractivity (Wildman–Crippen MR) is 155 cm³/mol. The van der Waals surface area contributed by atoms with Gasteiger partial charge in [0.15, 0.2) is 9.84 Å². The van der Waals surface area contributed by atoms with Crippen molar-refractivity contribution in [1.82, 2.24) is 9.80 Å². The van der Waals surface area contributed by atoms with Gasteiger partial charge in [-0.3, -0.25) is 0 Å². The number of fused-ring (bicyclic) bond motifs is 1. The molecule has 0 bridgehead atoms. The van der Waals surface area contributed by atoms with Crippen molar-refractivity contribution in [3.05, 3.63) is 59.7 Å². The number of nitrogens with zero attached hydrogens (tertiary/aromatic N) is 3. The predicted octanol–water partition coefficient (Wildman–Crippen LogP) is 5.20. The maximum Gasteiger partial charge on any atom is 0.178 e. The molecule has 2 aromatic rings. The van der Waals surface area contributed by atoms with E-state index < -0.39 is 9.84 Å². The van der Waals surface area contributed by atoms with Gasteiger partial charge in [0.25, 0.3) is 0 Å². The summed E-state index contributed by atoms with van der Waals surface area (Å²) in [7, 11) is -0.789. The van der Waals surface area contributed by atoms with E-state index in [2.05, 4.69) is 46.0 Å². The fourth-order valence-corrected chi connectivity index (χ4v) is 9.27. The first-order valence-electron chi connectivity index (χ1n) is 15.0.